The second-order valence-electron chi connectivity index (χ2n) is 9.51. The van der Waals surface area contributed by atoms with Gasteiger partial charge in [-0.25, -0.2) is 0 Å². The molecule has 4 N–H and O–H groups in total. The van der Waals surface area contributed by atoms with Crippen molar-refractivity contribution in [2.24, 2.45) is 0 Å². The third kappa shape index (κ3) is 14.1. The van der Waals surface area contributed by atoms with Gasteiger partial charge in [0.25, 0.3) is 0 Å². The maximum Gasteiger partial charge on any atom is 1.00 e. The number of piperidine rings is 1. The van der Waals surface area contributed by atoms with Crippen molar-refractivity contribution in [1.29, 1.82) is 0 Å². The van der Waals surface area contributed by atoms with Crippen LogP contribution in [0.1, 0.15) is 67.2 Å². The summed E-state index contributed by atoms with van der Waals surface area (Å²) in [6.07, 6.45) is -1.49. The van der Waals surface area contributed by atoms with Crippen molar-refractivity contribution in [1.82, 2.24) is 5.06 Å². The van der Waals surface area contributed by atoms with Crippen molar-refractivity contribution in [3.8, 4) is 0 Å². The molecule has 1 heterocycles. The van der Waals surface area contributed by atoms with Crippen LogP contribution in [-0.4, -0.2) is 78.4 Å². The molecule has 0 aromatic heterocycles. The summed E-state index contributed by atoms with van der Waals surface area (Å²) in [7, 11) is 0. The number of aliphatic hydroxyl groups is 3. The van der Waals surface area contributed by atoms with E-state index in [1.165, 1.54) is 0 Å². The molecule has 1 saturated heterocycles. The number of nitrogens with zero attached hydrogens (tertiary/aromatic N) is 1. The average Bonchev–Trinajstić information content (AvgIpc) is 2.41. The first-order valence-electron chi connectivity index (χ1n) is 9.41. The van der Waals surface area contributed by atoms with Crippen LogP contribution in [0, 0.1) is 0 Å². The largest absolute Gasteiger partial charge is 1.00 e. The van der Waals surface area contributed by atoms with Gasteiger partial charge in [0.05, 0.1) is 30.7 Å². The van der Waals surface area contributed by atoms with Gasteiger partial charge in [-0.2, -0.15) is 5.06 Å². The zero-order chi connectivity index (χ0) is 24.1. The summed E-state index contributed by atoms with van der Waals surface area (Å²) in [5.74, 6) is -5.67. The SMILES string of the molecule is CC(C)(O)CON1C(C)(C)CC(O)CC1(C)C.O=C([O-])CC(O)(CC(=O)O)C(=O)[O-].[K+].[K+]. The summed E-state index contributed by atoms with van der Waals surface area (Å²) in [6.45, 7) is 11.9. The monoisotopic (exact) mass is 513 g/mol. The molecule has 0 bridgehead atoms. The smallest absolute Gasteiger partial charge is 0.550 e. The van der Waals surface area contributed by atoms with E-state index in [1.54, 1.807) is 13.8 Å². The van der Waals surface area contributed by atoms with Gasteiger partial charge in [0.2, 0.25) is 0 Å². The van der Waals surface area contributed by atoms with Gasteiger partial charge in [0.1, 0.15) is 5.60 Å². The van der Waals surface area contributed by atoms with Crippen LogP contribution in [0.25, 0.3) is 0 Å². The number of carbonyl (C=O) groups excluding carboxylic acids is 2. The Balaban J connectivity index is -0.000000512. The molecular formula is C19H33K2NO10. The van der Waals surface area contributed by atoms with Crippen LogP contribution in [0.15, 0.2) is 0 Å². The van der Waals surface area contributed by atoms with Crippen molar-refractivity contribution < 1.29 is 153 Å². The molecule has 1 rings (SSSR count). The Bertz CT molecular complexity index is 600. The molecule has 1 aliphatic heterocycles. The minimum absolute atomic E-state index is 0. The molecule has 1 atom stereocenters. The molecule has 1 fully saturated rings. The van der Waals surface area contributed by atoms with Crippen molar-refractivity contribution in [3.05, 3.63) is 0 Å². The molecule has 0 radical (unpaired) electrons. The number of aliphatic carboxylic acids is 3. The molecule has 11 nitrogen and oxygen atoms in total. The third-order valence-corrected chi connectivity index (χ3v) is 4.38. The Morgan fingerprint density at radius 3 is 1.69 bits per heavy atom. The number of hydrogen-bond donors (Lipinski definition) is 4. The van der Waals surface area contributed by atoms with E-state index in [1.807, 2.05) is 5.06 Å². The van der Waals surface area contributed by atoms with Crippen LogP contribution in [0.3, 0.4) is 0 Å². The number of aliphatic hydroxyl groups excluding tert-OH is 1. The van der Waals surface area contributed by atoms with Gasteiger partial charge in [0, 0.05) is 23.5 Å². The number of rotatable bonds is 8. The molecule has 0 aliphatic carbocycles. The average molecular weight is 514 g/mol. The molecule has 32 heavy (non-hydrogen) atoms. The number of carboxylic acid groups (broad SMARTS) is 3. The molecule has 0 saturated carbocycles. The predicted octanol–water partition coefficient (Wildman–Crippen LogP) is -8.21. The number of hydrogen-bond acceptors (Lipinski definition) is 10. The maximum atomic E-state index is 10.2. The van der Waals surface area contributed by atoms with Crippen LogP contribution >= 0.6 is 0 Å². The molecule has 0 spiro atoms. The fraction of sp³-hybridized carbons (Fsp3) is 0.842. The zero-order valence-electron chi connectivity index (χ0n) is 20.3. The molecule has 0 aromatic rings. The number of carboxylic acids is 3. The van der Waals surface area contributed by atoms with E-state index < -0.39 is 42.0 Å². The minimum atomic E-state index is -2.91. The first-order chi connectivity index (χ1) is 13.2. The van der Waals surface area contributed by atoms with Gasteiger partial charge in [-0.05, 0) is 54.4 Å². The summed E-state index contributed by atoms with van der Waals surface area (Å²) in [5, 5.41) is 58.8. The molecule has 176 valence electrons. The standard InChI is InChI=1S/C13H27NO3.C6H8O7.2K/c1-11(2)7-10(15)8-12(3,4)14(11)17-9-13(5,6)16;7-3(8)1-6(13,5(11)12)2-4(9)10;;/h10,15-16H,7-9H2,1-6H3;13H,1-2H2,(H,7,8)(H,9,10)(H,11,12);;/q;;2*+1/p-2. The summed E-state index contributed by atoms with van der Waals surface area (Å²) >= 11 is 0. The first-order valence-corrected chi connectivity index (χ1v) is 9.41. The van der Waals surface area contributed by atoms with Crippen LogP contribution in [-0.2, 0) is 19.2 Å². The zero-order valence-corrected chi connectivity index (χ0v) is 26.5. The van der Waals surface area contributed by atoms with Crippen molar-refractivity contribution in [2.45, 2.75) is 95.6 Å². The van der Waals surface area contributed by atoms with Crippen LogP contribution in [0.5, 0.6) is 0 Å². The second-order valence-corrected chi connectivity index (χ2v) is 9.51. The first kappa shape index (κ1) is 38.0. The number of hydroxylamine groups is 2. The summed E-state index contributed by atoms with van der Waals surface area (Å²) in [4.78, 5) is 36.0. The predicted molar refractivity (Wildman–Crippen MR) is 99.3 cm³/mol. The van der Waals surface area contributed by atoms with E-state index in [-0.39, 0.29) is 127 Å². The summed E-state index contributed by atoms with van der Waals surface area (Å²) in [6, 6.07) is 0. The Labute approximate surface area is 273 Å². The van der Waals surface area contributed by atoms with Gasteiger partial charge < -0.3 is 40.2 Å². The summed E-state index contributed by atoms with van der Waals surface area (Å²) in [5.41, 5.74) is -4.22. The Morgan fingerprint density at radius 2 is 1.41 bits per heavy atom. The van der Waals surface area contributed by atoms with Crippen molar-refractivity contribution in [3.63, 3.8) is 0 Å². The summed E-state index contributed by atoms with van der Waals surface area (Å²) < 4.78 is 0. The Kier molecular flexibility index (Phi) is 17.7. The van der Waals surface area contributed by atoms with E-state index in [4.69, 9.17) is 15.1 Å². The van der Waals surface area contributed by atoms with Crippen LogP contribution in [0.4, 0.5) is 0 Å². The van der Waals surface area contributed by atoms with Crippen LogP contribution in [0.2, 0.25) is 0 Å². The minimum Gasteiger partial charge on any atom is -0.550 e. The molecule has 0 amide bonds. The quantitative estimate of drug-likeness (QED) is 0.225. The van der Waals surface area contributed by atoms with Gasteiger partial charge in [-0.15, -0.1) is 0 Å². The molecule has 1 aliphatic rings. The van der Waals surface area contributed by atoms with Crippen molar-refractivity contribution in [2.75, 3.05) is 6.61 Å². The topological polar surface area (TPSA) is 191 Å². The Morgan fingerprint density at radius 1 is 1.00 bits per heavy atom. The van der Waals surface area contributed by atoms with E-state index in [9.17, 15) is 34.8 Å². The molecular weight excluding hydrogens is 480 g/mol. The van der Waals surface area contributed by atoms with Crippen LogP contribution < -0.4 is 113 Å². The van der Waals surface area contributed by atoms with Gasteiger partial charge in [-0.3, -0.25) is 9.63 Å². The fourth-order valence-corrected chi connectivity index (χ4v) is 3.48. The second kappa shape index (κ2) is 14.9. The van der Waals surface area contributed by atoms with Gasteiger partial charge in [0.15, 0.2) is 0 Å². The van der Waals surface area contributed by atoms with E-state index in [0.717, 1.165) is 0 Å². The third-order valence-electron chi connectivity index (χ3n) is 4.38. The van der Waals surface area contributed by atoms with E-state index in [2.05, 4.69) is 27.7 Å². The fourth-order valence-electron chi connectivity index (χ4n) is 3.48. The van der Waals surface area contributed by atoms with Gasteiger partial charge in [-0.1, -0.05) is 0 Å². The van der Waals surface area contributed by atoms with E-state index >= 15 is 0 Å². The maximum absolute atomic E-state index is 10.2. The Hall–Kier alpha value is 1.48. The normalized spacial score (nSPS) is 19.8. The molecule has 13 heteroatoms. The van der Waals surface area contributed by atoms with Gasteiger partial charge >= 0.3 is 109 Å². The number of carbonyl (C=O) groups is 3. The molecule has 0 aromatic carbocycles. The molecule has 1 unspecified atom stereocenters. The van der Waals surface area contributed by atoms with Crippen molar-refractivity contribution >= 4 is 17.9 Å². The van der Waals surface area contributed by atoms with E-state index in [0.29, 0.717) is 12.8 Å².